The van der Waals surface area contributed by atoms with Gasteiger partial charge in [-0.05, 0) is 38.6 Å². The van der Waals surface area contributed by atoms with E-state index >= 15 is 0 Å². The summed E-state index contributed by atoms with van der Waals surface area (Å²) in [7, 11) is -2.95. The zero-order valence-electron chi connectivity index (χ0n) is 12.6. The minimum absolute atomic E-state index is 0.135. The normalized spacial score (nSPS) is 23.1. The van der Waals surface area contributed by atoms with Crippen LogP contribution in [0.2, 0.25) is 0 Å². The highest BCUT2D eigenvalue weighted by Gasteiger charge is 2.32. The molecule has 2 rings (SSSR count). The Hall–Kier alpha value is 0.110. The fraction of sp³-hybridized carbons (Fsp3) is 1.00. The van der Waals surface area contributed by atoms with Gasteiger partial charge in [0.2, 0.25) is 0 Å². The van der Waals surface area contributed by atoms with Crippen LogP contribution in [0.5, 0.6) is 0 Å². The topological polar surface area (TPSA) is 61.6 Å². The van der Waals surface area contributed by atoms with E-state index in [4.69, 9.17) is 14.8 Å². The van der Waals surface area contributed by atoms with Gasteiger partial charge < -0.3 is 14.8 Å². The molecule has 0 atom stereocenters. The van der Waals surface area contributed by atoms with Gasteiger partial charge in [0.1, 0.15) is 0 Å². The summed E-state index contributed by atoms with van der Waals surface area (Å²) in [5.74, 6) is 0. The average Bonchev–Trinajstić information content (AvgIpc) is 2.47. The van der Waals surface area contributed by atoms with Crippen molar-refractivity contribution < 1.29 is 13.6 Å². The Labute approximate surface area is 123 Å². The summed E-state index contributed by atoms with van der Waals surface area (Å²) in [5, 5.41) is 0. The van der Waals surface area contributed by atoms with E-state index in [1.165, 1.54) is 38.5 Å². The molecule has 2 saturated carbocycles. The summed E-state index contributed by atoms with van der Waals surface area (Å²) in [5.41, 5.74) is 5.57. The summed E-state index contributed by atoms with van der Waals surface area (Å²) in [6.07, 6.45) is 12.9. The molecule has 0 aliphatic heterocycles. The molecule has 0 spiro atoms. The molecule has 0 unspecified atom stereocenters. The van der Waals surface area contributed by atoms with Gasteiger partial charge in [-0.2, -0.15) is 0 Å². The van der Waals surface area contributed by atoms with Crippen LogP contribution >= 0.6 is 7.60 Å². The minimum atomic E-state index is -2.95. The number of hydrogen-bond acceptors (Lipinski definition) is 4. The van der Waals surface area contributed by atoms with Gasteiger partial charge in [0.05, 0.1) is 18.4 Å². The third kappa shape index (κ3) is 5.48. The van der Waals surface area contributed by atoms with E-state index in [0.717, 1.165) is 32.1 Å². The van der Waals surface area contributed by atoms with Crippen molar-refractivity contribution in [2.45, 2.75) is 82.8 Å². The Balaban J connectivity index is 1.90. The maximum absolute atomic E-state index is 13.0. The van der Waals surface area contributed by atoms with E-state index in [0.29, 0.717) is 12.7 Å². The molecule has 2 aliphatic carbocycles. The van der Waals surface area contributed by atoms with Crippen molar-refractivity contribution in [3.05, 3.63) is 0 Å². The first kappa shape index (κ1) is 16.5. The van der Waals surface area contributed by atoms with Gasteiger partial charge in [0.25, 0.3) is 0 Å². The quantitative estimate of drug-likeness (QED) is 0.715. The van der Waals surface area contributed by atoms with Crippen molar-refractivity contribution >= 4 is 7.60 Å². The largest absolute Gasteiger partial charge is 0.331 e. The van der Waals surface area contributed by atoms with Crippen LogP contribution in [0.4, 0.5) is 0 Å². The third-order valence-corrected chi connectivity index (χ3v) is 6.46. The molecule has 0 aromatic heterocycles. The van der Waals surface area contributed by atoms with Crippen LogP contribution in [0.1, 0.15) is 70.6 Å². The van der Waals surface area contributed by atoms with Gasteiger partial charge in [-0.25, -0.2) is 0 Å². The van der Waals surface area contributed by atoms with Crippen LogP contribution in [0.15, 0.2) is 0 Å². The van der Waals surface area contributed by atoms with Gasteiger partial charge in [-0.3, -0.25) is 4.57 Å². The second kappa shape index (κ2) is 8.53. The Morgan fingerprint density at radius 3 is 1.70 bits per heavy atom. The lowest BCUT2D eigenvalue weighted by molar-refractivity contribution is 0.0790. The lowest BCUT2D eigenvalue weighted by atomic mass is 9.98. The molecular formula is C15H30NO3P. The summed E-state index contributed by atoms with van der Waals surface area (Å²) in [6, 6.07) is 0. The van der Waals surface area contributed by atoms with Gasteiger partial charge in [-0.15, -0.1) is 0 Å². The Bertz CT molecular complexity index is 288. The maximum Gasteiger partial charge on any atom is 0.331 e. The van der Waals surface area contributed by atoms with E-state index in [9.17, 15) is 4.57 Å². The predicted molar refractivity (Wildman–Crippen MR) is 82.1 cm³/mol. The standard InChI is InChI=1S/C15H30NO3P/c16-12-7-13-20(17,18-14-8-3-1-4-9-14)19-15-10-5-2-6-11-15/h14-15H,1-13,16H2. The molecule has 0 amide bonds. The molecule has 2 fully saturated rings. The smallest absolute Gasteiger partial charge is 0.330 e. The average molecular weight is 303 g/mol. The van der Waals surface area contributed by atoms with E-state index in [1.54, 1.807) is 0 Å². The van der Waals surface area contributed by atoms with Crippen molar-refractivity contribution in [3.63, 3.8) is 0 Å². The van der Waals surface area contributed by atoms with E-state index < -0.39 is 7.60 Å². The molecule has 118 valence electrons. The van der Waals surface area contributed by atoms with Crippen LogP contribution < -0.4 is 5.73 Å². The van der Waals surface area contributed by atoms with Gasteiger partial charge >= 0.3 is 7.60 Å². The molecule has 0 heterocycles. The molecule has 4 nitrogen and oxygen atoms in total. The van der Waals surface area contributed by atoms with Crippen LogP contribution in [0, 0.1) is 0 Å². The molecule has 5 heteroatoms. The molecule has 2 N–H and O–H groups in total. The second-order valence-electron chi connectivity index (χ2n) is 6.21. The molecule has 0 radical (unpaired) electrons. The van der Waals surface area contributed by atoms with Crippen LogP contribution in [-0.4, -0.2) is 24.9 Å². The number of hydrogen-bond donors (Lipinski definition) is 1. The van der Waals surface area contributed by atoms with E-state index in [2.05, 4.69) is 0 Å². The molecule has 20 heavy (non-hydrogen) atoms. The Morgan fingerprint density at radius 2 is 1.30 bits per heavy atom. The molecule has 0 bridgehead atoms. The number of rotatable bonds is 7. The molecule has 0 aromatic rings. The summed E-state index contributed by atoms with van der Waals surface area (Å²) >= 11 is 0. The Morgan fingerprint density at radius 1 is 0.850 bits per heavy atom. The predicted octanol–water partition coefficient (Wildman–Crippen LogP) is 4.23. The first-order valence-electron chi connectivity index (χ1n) is 8.38. The maximum atomic E-state index is 13.0. The monoisotopic (exact) mass is 303 g/mol. The molecular weight excluding hydrogens is 273 g/mol. The van der Waals surface area contributed by atoms with E-state index in [-0.39, 0.29) is 12.2 Å². The van der Waals surface area contributed by atoms with Crippen LogP contribution in [0.3, 0.4) is 0 Å². The summed E-state index contributed by atoms with van der Waals surface area (Å²) in [6.45, 7) is 0.548. The third-order valence-electron chi connectivity index (χ3n) is 4.36. The van der Waals surface area contributed by atoms with Gasteiger partial charge in [0, 0.05) is 0 Å². The highest BCUT2D eigenvalue weighted by Crippen LogP contribution is 2.53. The van der Waals surface area contributed by atoms with Crippen molar-refractivity contribution in [3.8, 4) is 0 Å². The Kier molecular flexibility index (Phi) is 7.03. The van der Waals surface area contributed by atoms with Crippen molar-refractivity contribution in [1.82, 2.24) is 0 Å². The molecule has 0 aromatic carbocycles. The zero-order valence-corrected chi connectivity index (χ0v) is 13.5. The van der Waals surface area contributed by atoms with Crippen molar-refractivity contribution in [2.24, 2.45) is 5.73 Å². The first-order valence-corrected chi connectivity index (χ1v) is 10.1. The van der Waals surface area contributed by atoms with Gasteiger partial charge in [-0.1, -0.05) is 38.5 Å². The lowest BCUT2D eigenvalue weighted by Crippen LogP contribution is -2.22. The first-order chi connectivity index (χ1) is 9.72. The fourth-order valence-electron chi connectivity index (χ4n) is 3.21. The molecule has 0 saturated heterocycles. The van der Waals surface area contributed by atoms with Gasteiger partial charge in [0.15, 0.2) is 0 Å². The fourth-order valence-corrected chi connectivity index (χ4v) is 5.37. The zero-order chi connectivity index (χ0) is 14.3. The minimum Gasteiger partial charge on any atom is -0.330 e. The van der Waals surface area contributed by atoms with Crippen molar-refractivity contribution in [2.75, 3.05) is 12.7 Å². The summed E-state index contributed by atoms with van der Waals surface area (Å²) < 4.78 is 24.9. The van der Waals surface area contributed by atoms with Crippen molar-refractivity contribution in [1.29, 1.82) is 0 Å². The van der Waals surface area contributed by atoms with Crippen LogP contribution in [-0.2, 0) is 13.6 Å². The highest BCUT2D eigenvalue weighted by atomic mass is 31.2. The highest BCUT2D eigenvalue weighted by molar-refractivity contribution is 7.53. The lowest BCUT2D eigenvalue weighted by Gasteiger charge is -2.31. The number of nitrogens with two attached hydrogens (primary N) is 1. The SMILES string of the molecule is NCCCP(=O)(OC1CCCCC1)OC1CCCCC1. The summed E-state index contributed by atoms with van der Waals surface area (Å²) in [4.78, 5) is 0. The second-order valence-corrected chi connectivity index (χ2v) is 8.30. The van der Waals surface area contributed by atoms with E-state index in [1.807, 2.05) is 0 Å². The molecule has 2 aliphatic rings. The van der Waals surface area contributed by atoms with Crippen LogP contribution in [0.25, 0.3) is 0 Å².